The number of amides is 1. The molecule has 2 aromatic rings. The van der Waals surface area contributed by atoms with E-state index in [1.54, 1.807) is 13.0 Å². The van der Waals surface area contributed by atoms with E-state index in [0.29, 0.717) is 4.34 Å². The molecule has 0 aliphatic heterocycles. The molecule has 2 heterocycles. The first-order valence-corrected chi connectivity index (χ1v) is 6.43. The fraction of sp³-hybridized carbons (Fsp3) is 0.182. The molecule has 0 bridgehead atoms. The van der Waals surface area contributed by atoms with Crippen LogP contribution in [0.3, 0.4) is 0 Å². The summed E-state index contributed by atoms with van der Waals surface area (Å²) in [7, 11) is 0. The monoisotopic (exact) mass is 300 g/mol. The van der Waals surface area contributed by atoms with Gasteiger partial charge in [-0.25, -0.2) is 4.79 Å². The van der Waals surface area contributed by atoms with Crippen LogP contribution in [0.2, 0.25) is 4.34 Å². The van der Waals surface area contributed by atoms with Crippen LogP contribution in [0.25, 0.3) is 0 Å². The maximum absolute atomic E-state index is 11.8. The predicted molar refractivity (Wildman–Crippen MR) is 68.7 cm³/mol. The van der Waals surface area contributed by atoms with Gasteiger partial charge in [0.05, 0.1) is 10.4 Å². The van der Waals surface area contributed by atoms with Gasteiger partial charge in [0, 0.05) is 10.9 Å². The molecule has 0 fully saturated rings. The van der Waals surface area contributed by atoms with Gasteiger partial charge in [0.25, 0.3) is 5.91 Å². The Labute approximate surface area is 117 Å². The summed E-state index contributed by atoms with van der Waals surface area (Å²) in [6, 6.07) is 4.37. The molecule has 0 saturated heterocycles. The highest BCUT2D eigenvalue weighted by Gasteiger charge is 2.19. The van der Waals surface area contributed by atoms with Gasteiger partial charge in [-0.1, -0.05) is 16.8 Å². The number of halogens is 1. The van der Waals surface area contributed by atoms with Crippen molar-refractivity contribution in [2.75, 3.05) is 0 Å². The van der Waals surface area contributed by atoms with Crippen LogP contribution in [0.4, 0.5) is 0 Å². The zero-order valence-electron chi connectivity index (χ0n) is 9.71. The van der Waals surface area contributed by atoms with E-state index in [1.807, 2.05) is 6.07 Å². The first-order valence-electron chi connectivity index (χ1n) is 5.23. The molecule has 0 aliphatic carbocycles. The van der Waals surface area contributed by atoms with Gasteiger partial charge in [-0.05, 0) is 19.1 Å². The Bertz CT molecular complexity index is 622. The molecule has 1 atom stereocenters. The van der Waals surface area contributed by atoms with E-state index in [9.17, 15) is 9.59 Å². The smallest absolute Gasteiger partial charge is 0.374 e. The molecule has 2 aromatic heterocycles. The van der Waals surface area contributed by atoms with Gasteiger partial charge in [0.2, 0.25) is 5.76 Å². The number of carbonyl (C=O) groups excluding carboxylic acids is 1. The molecule has 8 heteroatoms. The number of rotatable bonds is 4. The Balaban J connectivity index is 2.06. The van der Waals surface area contributed by atoms with E-state index in [0.717, 1.165) is 10.9 Å². The largest absolute Gasteiger partial charge is 0.475 e. The molecule has 1 unspecified atom stereocenters. The summed E-state index contributed by atoms with van der Waals surface area (Å²) in [5.74, 6) is -2.16. The van der Waals surface area contributed by atoms with Crippen LogP contribution in [0.1, 0.15) is 38.9 Å². The zero-order valence-corrected chi connectivity index (χ0v) is 11.3. The normalized spacial score (nSPS) is 12.1. The van der Waals surface area contributed by atoms with Gasteiger partial charge in [-0.15, -0.1) is 11.3 Å². The minimum atomic E-state index is -1.27. The van der Waals surface area contributed by atoms with Crippen molar-refractivity contribution in [2.45, 2.75) is 13.0 Å². The fourth-order valence-corrected chi connectivity index (χ4v) is 2.45. The summed E-state index contributed by atoms with van der Waals surface area (Å²) in [5, 5.41) is 14.7. The number of aromatic nitrogens is 1. The summed E-state index contributed by atoms with van der Waals surface area (Å²) in [4.78, 5) is 23.3. The topological polar surface area (TPSA) is 92.4 Å². The Morgan fingerprint density at radius 3 is 2.79 bits per heavy atom. The van der Waals surface area contributed by atoms with Crippen molar-refractivity contribution < 1.29 is 19.2 Å². The first-order chi connectivity index (χ1) is 8.97. The number of hydrogen-bond donors (Lipinski definition) is 2. The molecule has 0 aromatic carbocycles. The zero-order chi connectivity index (χ0) is 14.0. The molecule has 0 saturated carbocycles. The van der Waals surface area contributed by atoms with Crippen molar-refractivity contribution in [3.05, 3.63) is 38.9 Å². The van der Waals surface area contributed by atoms with Gasteiger partial charge in [0.15, 0.2) is 5.69 Å². The van der Waals surface area contributed by atoms with Crippen LogP contribution in [0.15, 0.2) is 22.7 Å². The van der Waals surface area contributed by atoms with Crippen molar-refractivity contribution in [3.8, 4) is 0 Å². The lowest BCUT2D eigenvalue weighted by atomic mass is 10.2. The number of nitrogens with zero attached hydrogens (tertiary/aromatic N) is 1. The third-order valence-corrected chi connectivity index (χ3v) is 3.74. The molecule has 0 aliphatic rings. The quantitative estimate of drug-likeness (QED) is 0.905. The van der Waals surface area contributed by atoms with Crippen LogP contribution in [-0.2, 0) is 0 Å². The average Bonchev–Trinajstić information content (AvgIpc) is 2.96. The summed E-state index contributed by atoms with van der Waals surface area (Å²) in [6.07, 6.45) is 0. The van der Waals surface area contributed by atoms with Gasteiger partial charge >= 0.3 is 5.97 Å². The Morgan fingerprint density at radius 1 is 1.53 bits per heavy atom. The SMILES string of the molecule is CC(NC(=O)c1cc(C(=O)O)on1)c1ccc(Cl)s1. The molecule has 6 nitrogen and oxygen atoms in total. The minimum Gasteiger partial charge on any atom is -0.475 e. The van der Waals surface area contributed by atoms with Crippen molar-refractivity contribution in [3.63, 3.8) is 0 Å². The second-order valence-corrected chi connectivity index (χ2v) is 5.47. The van der Waals surface area contributed by atoms with Gasteiger partial charge in [0.1, 0.15) is 0 Å². The van der Waals surface area contributed by atoms with Gasteiger partial charge < -0.3 is 14.9 Å². The number of nitrogens with one attached hydrogen (secondary N) is 1. The highest BCUT2D eigenvalue weighted by molar-refractivity contribution is 7.16. The lowest BCUT2D eigenvalue weighted by molar-refractivity contribution is 0.0651. The van der Waals surface area contributed by atoms with Gasteiger partial charge in [-0.2, -0.15) is 0 Å². The molecule has 19 heavy (non-hydrogen) atoms. The first kappa shape index (κ1) is 13.6. The molecular weight excluding hydrogens is 292 g/mol. The molecule has 0 radical (unpaired) electrons. The number of thiophene rings is 1. The number of carbonyl (C=O) groups is 2. The van der Waals surface area contributed by atoms with E-state index in [1.165, 1.54) is 11.3 Å². The van der Waals surface area contributed by atoms with Gasteiger partial charge in [-0.3, -0.25) is 4.79 Å². The highest BCUT2D eigenvalue weighted by Crippen LogP contribution is 2.26. The summed E-state index contributed by atoms with van der Waals surface area (Å²) in [5.41, 5.74) is -0.0769. The predicted octanol–water partition coefficient (Wildman–Crippen LogP) is 2.58. The van der Waals surface area contributed by atoms with Crippen LogP contribution < -0.4 is 5.32 Å². The lowest BCUT2D eigenvalue weighted by Crippen LogP contribution is -2.26. The van der Waals surface area contributed by atoms with Crippen LogP contribution in [0, 0.1) is 0 Å². The molecule has 100 valence electrons. The van der Waals surface area contributed by atoms with E-state index >= 15 is 0 Å². The number of carboxylic acid groups (broad SMARTS) is 1. The molecule has 2 N–H and O–H groups in total. The number of hydrogen-bond acceptors (Lipinski definition) is 5. The van der Waals surface area contributed by atoms with Crippen LogP contribution >= 0.6 is 22.9 Å². The van der Waals surface area contributed by atoms with E-state index in [-0.39, 0.29) is 17.5 Å². The fourth-order valence-electron chi connectivity index (χ4n) is 1.39. The van der Waals surface area contributed by atoms with Crippen LogP contribution in [0.5, 0.6) is 0 Å². The third-order valence-electron chi connectivity index (χ3n) is 2.32. The minimum absolute atomic E-state index is 0.0769. The maximum Gasteiger partial charge on any atom is 0.374 e. The Morgan fingerprint density at radius 2 is 2.26 bits per heavy atom. The second kappa shape index (κ2) is 5.41. The summed E-state index contributed by atoms with van der Waals surface area (Å²) >= 11 is 7.17. The lowest BCUT2D eigenvalue weighted by Gasteiger charge is -2.10. The summed E-state index contributed by atoms with van der Waals surface area (Å²) in [6.45, 7) is 1.79. The molecule has 2 rings (SSSR count). The average molecular weight is 301 g/mol. The van der Waals surface area contributed by atoms with Crippen molar-refractivity contribution in [1.82, 2.24) is 10.5 Å². The maximum atomic E-state index is 11.8. The Kier molecular flexibility index (Phi) is 3.87. The van der Waals surface area contributed by atoms with E-state index < -0.39 is 11.9 Å². The summed E-state index contributed by atoms with van der Waals surface area (Å²) < 4.78 is 5.14. The van der Waals surface area contributed by atoms with Crippen LogP contribution in [-0.4, -0.2) is 22.1 Å². The molecular formula is C11H9ClN2O4S. The number of aromatic carboxylic acids is 1. The van der Waals surface area contributed by atoms with Crippen molar-refractivity contribution in [1.29, 1.82) is 0 Å². The van der Waals surface area contributed by atoms with Crippen molar-refractivity contribution in [2.24, 2.45) is 0 Å². The Hall–Kier alpha value is -1.86. The molecule has 0 spiro atoms. The van der Waals surface area contributed by atoms with Crippen molar-refractivity contribution >= 4 is 34.8 Å². The van der Waals surface area contributed by atoms with E-state index in [4.69, 9.17) is 16.7 Å². The molecule has 1 amide bonds. The highest BCUT2D eigenvalue weighted by atomic mass is 35.5. The third kappa shape index (κ3) is 3.12. The van der Waals surface area contributed by atoms with E-state index in [2.05, 4.69) is 15.0 Å². The number of carboxylic acids is 1. The second-order valence-electron chi connectivity index (χ2n) is 3.72. The standard InChI is InChI=1S/C11H9ClN2O4S/c1-5(8-2-3-9(12)19-8)13-10(15)6-4-7(11(16)17)18-14-6/h2-5H,1H3,(H,13,15)(H,16,17).